The molecule has 1 aliphatic heterocycles. The first-order valence-corrected chi connectivity index (χ1v) is 7.04. The number of morpholine rings is 1. The quantitative estimate of drug-likeness (QED) is 0.754. The summed E-state index contributed by atoms with van der Waals surface area (Å²) in [6, 6.07) is 0. The normalized spacial score (nSPS) is 22.4. The Bertz CT molecular complexity index is 653. The van der Waals surface area contributed by atoms with E-state index < -0.39 is 0 Å². The highest BCUT2D eigenvalue weighted by molar-refractivity contribution is 6.30. The number of ether oxygens (including phenoxy) is 1. The van der Waals surface area contributed by atoms with Crippen molar-refractivity contribution in [3.05, 3.63) is 17.0 Å². The number of anilines is 1. The average Bonchev–Trinajstić information content (AvgIpc) is 2.74. The first-order chi connectivity index (χ1) is 9.37. The zero-order valence-electron chi connectivity index (χ0n) is 12.1. The van der Waals surface area contributed by atoms with Crippen molar-refractivity contribution in [3.8, 4) is 0 Å². The van der Waals surface area contributed by atoms with Gasteiger partial charge in [-0.3, -0.25) is 0 Å². The van der Waals surface area contributed by atoms with Crippen LogP contribution in [0.3, 0.4) is 0 Å². The minimum Gasteiger partial charge on any atom is -0.369 e. The second-order valence-electron chi connectivity index (χ2n) is 5.89. The zero-order chi connectivity index (χ0) is 14.5. The van der Waals surface area contributed by atoms with Crippen LogP contribution in [0.1, 0.15) is 26.3 Å². The van der Waals surface area contributed by atoms with Gasteiger partial charge < -0.3 is 9.64 Å². The van der Waals surface area contributed by atoms with Gasteiger partial charge in [0, 0.05) is 18.7 Å². The average molecular weight is 296 g/mol. The molecule has 6 nitrogen and oxygen atoms in total. The molecule has 3 rings (SSSR count). The van der Waals surface area contributed by atoms with Gasteiger partial charge in [0.25, 0.3) is 5.78 Å². The van der Waals surface area contributed by atoms with Gasteiger partial charge in [0.2, 0.25) is 0 Å². The number of halogens is 1. The molecule has 0 amide bonds. The van der Waals surface area contributed by atoms with Gasteiger partial charge >= 0.3 is 0 Å². The molecule has 1 atom stereocenters. The van der Waals surface area contributed by atoms with Gasteiger partial charge in [0.05, 0.1) is 11.7 Å². The van der Waals surface area contributed by atoms with E-state index in [1.54, 1.807) is 4.52 Å². The Hall–Kier alpha value is -1.40. The lowest BCUT2D eigenvalue weighted by Gasteiger charge is -2.43. The Morgan fingerprint density at radius 1 is 1.45 bits per heavy atom. The summed E-state index contributed by atoms with van der Waals surface area (Å²) in [5.41, 5.74) is 0.696. The molecule has 20 heavy (non-hydrogen) atoms. The summed E-state index contributed by atoms with van der Waals surface area (Å²) in [4.78, 5) is 10.6. The Balaban J connectivity index is 2.13. The number of rotatable bonds is 1. The van der Waals surface area contributed by atoms with Crippen molar-refractivity contribution in [2.24, 2.45) is 0 Å². The second-order valence-corrected chi connectivity index (χ2v) is 6.25. The summed E-state index contributed by atoms with van der Waals surface area (Å²) in [5.74, 6) is 1.47. The molecule has 108 valence electrons. The Labute approximate surface area is 122 Å². The van der Waals surface area contributed by atoms with Crippen molar-refractivity contribution in [2.45, 2.75) is 39.4 Å². The van der Waals surface area contributed by atoms with E-state index in [4.69, 9.17) is 16.3 Å². The van der Waals surface area contributed by atoms with E-state index >= 15 is 0 Å². The number of hydrogen-bond donors (Lipinski definition) is 0. The predicted octanol–water partition coefficient (Wildman–Crippen LogP) is 2.09. The molecule has 0 saturated carbocycles. The molecule has 0 aromatic carbocycles. The third-order valence-corrected chi connectivity index (χ3v) is 3.81. The molecule has 1 fully saturated rings. The van der Waals surface area contributed by atoms with E-state index in [1.165, 1.54) is 6.33 Å². The van der Waals surface area contributed by atoms with Gasteiger partial charge in [-0.1, -0.05) is 11.6 Å². The molecule has 2 aromatic rings. The molecular weight excluding hydrogens is 278 g/mol. The topological polar surface area (TPSA) is 55.5 Å². The lowest BCUT2D eigenvalue weighted by Crippen LogP contribution is -2.52. The summed E-state index contributed by atoms with van der Waals surface area (Å²) < 4.78 is 7.70. The van der Waals surface area contributed by atoms with Crippen molar-refractivity contribution in [1.29, 1.82) is 0 Å². The summed E-state index contributed by atoms with van der Waals surface area (Å²) in [5, 5.41) is 4.74. The fraction of sp³-hybridized carbons (Fsp3) is 0.615. The van der Waals surface area contributed by atoms with E-state index in [-0.39, 0.29) is 11.7 Å². The largest absolute Gasteiger partial charge is 0.369 e. The molecule has 0 N–H and O–H groups in total. The van der Waals surface area contributed by atoms with E-state index in [2.05, 4.69) is 40.7 Å². The molecule has 1 aliphatic rings. The van der Waals surface area contributed by atoms with Crippen LogP contribution >= 0.6 is 11.6 Å². The van der Waals surface area contributed by atoms with Gasteiger partial charge in [-0.25, -0.2) is 0 Å². The van der Waals surface area contributed by atoms with E-state index in [9.17, 15) is 0 Å². The highest BCUT2D eigenvalue weighted by atomic mass is 35.5. The first-order valence-electron chi connectivity index (χ1n) is 6.66. The standard InChI is InChI=1S/C13H18ClN5O/c1-8-5-18(6-13(3,4)20-8)11-9(2)10(14)17-12-15-7-16-19(11)12/h7-8H,5-6H2,1-4H3. The fourth-order valence-corrected chi connectivity index (χ4v) is 3.03. The minimum atomic E-state index is -0.216. The predicted molar refractivity (Wildman–Crippen MR) is 77.4 cm³/mol. The molecule has 0 radical (unpaired) electrons. The van der Waals surface area contributed by atoms with Gasteiger partial charge in [-0.2, -0.15) is 19.6 Å². The molecule has 0 spiro atoms. The van der Waals surface area contributed by atoms with Gasteiger partial charge in [-0.05, 0) is 27.7 Å². The maximum Gasteiger partial charge on any atom is 0.255 e. The maximum atomic E-state index is 6.23. The van der Waals surface area contributed by atoms with E-state index in [0.717, 1.165) is 24.5 Å². The van der Waals surface area contributed by atoms with Crippen LogP contribution in [-0.2, 0) is 4.74 Å². The van der Waals surface area contributed by atoms with Crippen LogP contribution in [0, 0.1) is 6.92 Å². The van der Waals surface area contributed by atoms with Crippen LogP contribution in [0.2, 0.25) is 5.15 Å². The molecule has 3 heterocycles. The number of aromatic nitrogens is 4. The summed E-state index contributed by atoms with van der Waals surface area (Å²) in [6.45, 7) is 9.77. The van der Waals surface area contributed by atoms with Crippen molar-refractivity contribution >= 4 is 23.2 Å². The third-order valence-electron chi connectivity index (χ3n) is 3.44. The smallest absolute Gasteiger partial charge is 0.255 e. The molecule has 0 bridgehead atoms. The Kier molecular flexibility index (Phi) is 3.10. The minimum absolute atomic E-state index is 0.142. The van der Waals surface area contributed by atoms with Crippen LogP contribution < -0.4 is 4.90 Å². The van der Waals surface area contributed by atoms with E-state index in [0.29, 0.717) is 10.9 Å². The number of hydrogen-bond acceptors (Lipinski definition) is 5. The highest BCUT2D eigenvalue weighted by Crippen LogP contribution is 2.30. The Morgan fingerprint density at radius 2 is 2.20 bits per heavy atom. The zero-order valence-corrected chi connectivity index (χ0v) is 12.8. The van der Waals surface area contributed by atoms with Gasteiger partial charge in [0.15, 0.2) is 0 Å². The summed E-state index contributed by atoms with van der Waals surface area (Å²) in [6.07, 6.45) is 1.64. The molecule has 1 unspecified atom stereocenters. The fourth-order valence-electron chi connectivity index (χ4n) is 2.87. The highest BCUT2D eigenvalue weighted by Gasteiger charge is 2.33. The van der Waals surface area contributed by atoms with Crippen LogP contribution in [0.25, 0.3) is 5.78 Å². The number of nitrogens with zero attached hydrogens (tertiary/aromatic N) is 5. The van der Waals surface area contributed by atoms with Crippen LogP contribution in [0.4, 0.5) is 5.82 Å². The van der Waals surface area contributed by atoms with Crippen molar-refractivity contribution in [2.75, 3.05) is 18.0 Å². The molecular formula is C13H18ClN5O. The Morgan fingerprint density at radius 3 is 2.90 bits per heavy atom. The second kappa shape index (κ2) is 4.56. The van der Waals surface area contributed by atoms with Gasteiger partial charge in [0.1, 0.15) is 17.3 Å². The summed E-state index contributed by atoms with van der Waals surface area (Å²) in [7, 11) is 0. The molecule has 1 saturated heterocycles. The maximum absolute atomic E-state index is 6.23. The first kappa shape index (κ1) is 13.6. The van der Waals surface area contributed by atoms with Gasteiger partial charge in [-0.15, -0.1) is 0 Å². The SMILES string of the molecule is Cc1c(Cl)nc2ncnn2c1N1CC(C)OC(C)(C)C1. The van der Waals surface area contributed by atoms with Crippen LogP contribution in [-0.4, -0.2) is 44.4 Å². The molecule has 2 aromatic heterocycles. The van der Waals surface area contributed by atoms with Crippen molar-refractivity contribution in [1.82, 2.24) is 19.6 Å². The molecule has 0 aliphatic carbocycles. The molecule has 7 heteroatoms. The summed E-state index contributed by atoms with van der Waals surface area (Å²) >= 11 is 6.23. The van der Waals surface area contributed by atoms with Crippen LogP contribution in [0.5, 0.6) is 0 Å². The van der Waals surface area contributed by atoms with E-state index in [1.807, 2.05) is 6.92 Å². The van der Waals surface area contributed by atoms with Crippen LogP contribution in [0.15, 0.2) is 6.33 Å². The lowest BCUT2D eigenvalue weighted by molar-refractivity contribution is -0.0752. The van der Waals surface area contributed by atoms with Crippen molar-refractivity contribution < 1.29 is 4.74 Å². The van der Waals surface area contributed by atoms with Crippen molar-refractivity contribution in [3.63, 3.8) is 0 Å². The third kappa shape index (κ3) is 2.23. The monoisotopic (exact) mass is 295 g/mol. The lowest BCUT2D eigenvalue weighted by atomic mass is 10.1. The number of fused-ring (bicyclic) bond motifs is 1.